The second kappa shape index (κ2) is 11.7. The minimum Gasteiger partial charge on any atom is -0.309 e. The molecule has 0 unspecified atom stereocenters. The van der Waals surface area contributed by atoms with Gasteiger partial charge in [0.05, 0.1) is 16.7 Å². The number of benzene rings is 9. The first kappa shape index (κ1) is 29.5. The summed E-state index contributed by atoms with van der Waals surface area (Å²) in [7, 11) is 0. The molecule has 0 fully saturated rings. The molecule has 0 N–H and O–H groups in total. The number of aromatic nitrogens is 4. The Morgan fingerprint density at radius 2 is 0.811 bits per heavy atom. The molecule has 2 aromatic heterocycles. The largest absolute Gasteiger partial charge is 0.309 e. The monoisotopic (exact) mass is 674 g/mol. The molecular weight excluding hydrogens is 645 g/mol. The Balaban J connectivity index is 1.20. The molecule has 2 heterocycles. The first-order valence-corrected chi connectivity index (χ1v) is 18.0. The fourth-order valence-corrected chi connectivity index (χ4v) is 8.23. The van der Waals surface area contributed by atoms with E-state index in [2.05, 4.69) is 168 Å². The van der Waals surface area contributed by atoms with Crippen molar-refractivity contribution in [1.82, 2.24) is 19.5 Å². The van der Waals surface area contributed by atoms with Gasteiger partial charge in [0.2, 0.25) is 0 Å². The lowest BCUT2D eigenvalue weighted by Crippen LogP contribution is -2.02. The van der Waals surface area contributed by atoms with Crippen LogP contribution in [0.15, 0.2) is 182 Å². The van der Waals surface area contributed by atoms with E-state index in [9.17, 15) is 0 Å². The number of nitrogens with zero attached hydrogens (tertiary/aromatic N) is 4. The van der Waals surface area contributed by atoms with E-state index in [1.54, 1.807) is 0 Å². The van der Waals surface area contributed by atoms with Gasteiger partial charge in [-0.05, 0) is 68.0 Å². The summed E-state index contributed by atoms with van der Waals surface area (Å²) in [5.41, 5.74) is 6.36. The molecule has 11 aromatic rings. The van der Waals surface area contributed by atoms with Crippen molar-refractivity contribution >= 4 is 64.9 Å². The SMILES string of the molecule is c1ccc(-c2nc(-c3ccc(-n4c5ccccc5c5ccccc54)c4ccccc34)nc(-c3cc4c5ccccc5ccc4c4ccccc34)n2)cc1. The van der Waals surface area contributed by atoms with Crippen LogP contribution in [0.4, 0.5) is 0 Å². The predicted octanol–water partition coefficient (Wildman–Crippen LogP) is 12.6. The molecule has 9 aromatic carbocycles. The molecule has 0 bridgehead atoms. The van der Waals surface area contributed by atoms with Crippen molar-refractivity contribution in [1.29, 1.82) is 0 Å². The van der Waals surface area contributed by atoms with Crippen molar-refractivity contribution in [2.45, 2.75) is 0 Å². The summed E-state index contributed by atoms with van der Waals surface area (Å²) in [5.74, 6) is 1.93. The van der Waals surface area contributed by atoms with Gasteiger partial charge < -0.3 is 4.57 Å². The van der Waals surface area contributed by atoms with Crippen LogP contribution in [0, 0.1) is 0 Å². The minimum atomic E-state index is 0.640. The van der Waals surface area contributed by atoms with Gasteiger partial charge >= 0.3 is 0 Å². The molecule has 11 rings (SSSR count). The third-order valence-electron chi connectivity index (χ3n) is 10.6. The third-order valence-corrected chi connectivity index (χ3v) is 10.6. The minimum absolute atomic E-state index is 0.640. The standard InChI is InChI=1S/C49H30N4/c1-2-15-32(16-3-1)47-50-48(52-49(51-47)43-30-42-33-17-5-4-14-31(33)26-27-37(42)34-18-6-7-19-35(34)43)41-28-29-46(38-21-9-8-20-36(38)41)53-44-24-12-10-22-39(44)40-23-11-13-25-45(40)53/h1-30H. The van der Waals surface area contributed by atoms with Crippen molar-refractivity contribution in [3.63, 3.8) is 0 Å². The van der Waals surface area contributed by atoms with E-state index in [1.807, 2.05) is 18.2 Å². The van der Waals surface area contributed by atoms with Crippen molar-refractivity contribution < 1.29 is 0 Å². The van der Waals surface area contributed by atoms with E-state index in [-0.39, 0.29) is 0 Å². The highest BCUT2D eigenvalue weighted by Gasteiger charge is 2.20. The van der Waals surface area contributed by atoms with Gasteiger partial charge in [-0.2, -0.15) is 0 Å². The highest BCUT2D eigenvalue weighted by Crippen LogP contribution is 2.40. The molecule has 0 aliphatic rings. The smallest absolute Gasteiger partial charge is 0.164 e. The van der Waals surface area contributed by atoms with Crippen molar-refractivity contribution in [3.8, 4) is 39.9 Å². The Bertz CT molecular complexity index is 3180. The van der Waals surface area contributed by atoms with Crippen LogP contribution < -0.4 is 0 Å². The molecule has 53 heavy (non-hydrogen) atoms. The molecule has 0 amide bonds. The molecule has 0 saturated carbocycles. The van der Waals surface area contributed by atoms with Crippen LogP contribution in [-0.2, 0) is 0 Å². The van der Waals surface area contributed by atoms with Crippen LogP contribution >= 0.6 is 0 Å². The lowest BCUT2D eigenvalue weighted by molar-refractivity contribution is 1.08. The van der Waals surface area contributed by atoms with E-state index in [0.717, 1.165) is 38.5 Å². The summed E-state index contributed by atoms with van der Waals surface area (Å²) in [4.78, 5) is 15.8. The van der Waals surface area contributed by atoms with E-state index in [1.165, 1.54) is 48.7 Å². The molecule has 0 aliphatic heterocycles. The average molecular weight is 675 g/mol. The fourth-order valence-electron chi connectivity index (χ4n) is 8.23. The molecule has 0 radical (unpaired) electrons. The number of para-hydroxylation sites is 2. The topological polar surface area (TPSA) is 43.6 Å². The Morgan fingerprint density at radius 3 is 1.53 bits per heavy atom. The summed E-state index contributed by atoms with van der Waals surface area (Å²) < 4.78 is 2.39. The predicted molar refractivity (Wildman–Crippen MR) is 220 cm³/mol. The Kier molecular flexibility index (Phi) is 6.52. The Morgan fingerprint density at radius 1 is 0.302 bits per heavy atom. The molecule has 0 saturated heterocycles. The van der Waals surface area contributed by atoms with Crippen LogP contribution in [0.3, 0.4) is 0 Å². The van der Waals surface area contributed by atoms with Gasteiger partial charge in [0.25, 0.3) is 0 Å². The van der Waals surface area contributed by atoms with Gasteiger partial charge in [-0.1, -0.05) is 152 Å². The zero-order valence-electron chi connectivity index (χ0n) is 28.6. The fraction of sp³-hybridized carbons (Fsp3) is 0. The van der Waals surface area contributed by atoms with Gasteiger partial charge in [0.1, 0.15) is 0 Å². The van der Waals surface area contributed by atoms with Crippen molar-refractivity contribution in [2.75, 3.05) is 0 Å². The molecule has 4 nitrogen and oxygen atoms in total. The maximum atomic E-state index is 5.35. The number of fused-ring (bicyclic) bond motifs is 9. The summed E-state index contributed by atoms with van der Waals surface area (Å²) in [6.07, 6.45) is 0. The number of hydrogen-bond acceptors (Lipinski definition) is 3. The lowest BCUT2D eigenvalue weighted by atomic mass is 9.93. The number of rotatable bonds is 4. The van der Waals surface area contributed by atoms with E-state index < -0.39 is 0 Å². The highest BCUT2D eigenvalue weighted by atomic mass is 15.0. The van der Waals surface area contributed by atoms with Crippen LogP contribution in [0.5, 0.6) is 0 Å². The first-order chi connectivity index (χ1) is 26.3. The maximum absolute atomic E-state index is 5.35. The maximum Gasteiger partial charge on any atom is 0.164 e. The van der Waals surface area contributed by atoms with Gasteiger partial charge in [0.15, 0.2) is 17.5 Å². The second-order valence-corrected chi connectivity index (χ2v) is 13.6. The quantitative estimate of drug-likeness (QED) is 0.175. The third kappa shape index (κ3) is 4.59. The normalized spacial score (nSPS) is 11.8. The first-order valence-electron chi connectivity index (χ1n) is 18.0. The van der Waals surface area contributed by atoms with Gasteiger partial charge in [-0.3, -0.25) is 0 Å². The van der Waals surface area contributed by atoms with Crippen LogP contribution in [0.25, 0.3) is 105 Å². The van der Waals surface area contributed by atoms with E-state index in [0.29, 0.717) is 17.5 Å². The summed E-state index contributed by atoms with van der Waals surface area (Å²) in [5, 5.41) is 11.8. The summed E-state index contributed by atoms with van der Waals surface area (Å²) >= 11 is 0. The summed E-state index contributed by atoms with van der Waals surface area (Å²) in [6, 6.07) is 64.4. The lowest BCUT2D eigenvalue weighted by Gasteiger charge is -2.16. The van der Waals surface area contributed by atoms with Crippen LogP contribution in [-0.4, -0.2) is 19.5 Å². The molecule has 0 spiro atoms. The number of hydrogen-bond donors (Lipinski definition) is 0. The molecule has 4 heteroatoms. The average Bonchev–Trinajstić information content (AvgIpc) is 3.57. The van der Waals surface area contributed by atoms with Gasteiger partial charge in [-0.25, -0.2) is 15.0 Å². The van der Waals surface area contributed by atoms with Crippen molar-refractivity contribution in [2.24, 2.45) is 0 Å². The molecule has 246 valence electrons. The zero-order valence-corrected chi connectivity index (χ0v) is 28.6. The molecular formula is C49H30N4. The van der Waals surface area contributed by atoms with Crippen LogP contribution in [0.2, 0.25) is 0 Å². The Labute approximate surface area is 305 Å². The van der Waals surface area contributed by atoms with Gasteiger partial charge in [-0.15, -0.1) is 0 Å². The molecule has 0 aliphatic carbocycles. The van der Waals surface area contributed by atoms with Crippen molar-refractivity contribution in [3.05, 3.63) is 182 Å². The van der Waals surface area contributed by atoms with Crippen LogP contribution in [0.1, 0.15) is 0 Å². The Hall–Kier alpha value is -7.17. The second-order valence-electron chi connectivity index (χ2n) is 13.6. The molecule has 0 atom stereocenters. The highest BCUT2D eigenvalue weighted by molar-refractivity contribution is 6.20. The summed E-state index contributed by atoms with van der Waals surface area (Å²) in [6.45, 7) is 0. The van der Waals surface area contributed by atoms with Gasteiger partial charge in [0, 0.05) is 32.8 Å². The zero-order chi connectivity index (χ0) is 34.9. The van der Waals surface area contributed by atoms with E-state index in [4.69, 9.17) is 15.0 Å². The van der Waals surface area contributed by atoms with E-state index >= 15 is 0 Å².